The number of methoxy groups -OCH3 is 2. The number of imide groups is 1. The van der Waals surface area contributed by atoms with E-state index in [4.69, 9.17) is 9.47 Å². The molecular formula is C31H30N2O6S. The van der Waals surface area contributed by atoms with Crippen molar-refractivity contribution in [3.63, 3.8) is 0 Å². The second-order valence-corrected chi connectivity index (χ2v) is 11.6. The first kappa shape index (κ1) is 27.4. The maximum Gasteiger partial charge on any atom is 0.252 e. The van der Waals surface area contributed by atoms with Crippen molar-refractivity contribution in [2.75, 3.05) is 25.7 Å². The third-order valence-electron chi connectivity index (χ3n) is 7.16. The standard InChI is InChI=1S/C31H30N2O6S/c1-21-8-12-25(13-9-21)33-30(34)20-27(31(33)35)32(17-16-22-10-15-28(38-2)29(18-22)39-3)40(36,37)26-14-11-23-6-4-5-7-24(23)19-26/h4-15,18-19,27H,16-17,20H2,1-3H3. The van der Waals surface area contributed by atoms with E-state index in [2.05, 4.69) is 0 Å². The first-order valence-corrected chi connectivity index (χ1v) is 14.3. The van der Waals surface area contributed by atoms with Crippen molar-refractivity contribution in [3.05, 3.63) is 96.1 Å². The molecule has 5 rings (SSSR count). The first-order valence-electron chi connectivity index (χ1n) is 12.9. The van der Waals surface area contributed by atoms with Gasteiger partial charge < -0.3 is 9.47 Å². The lowest BCUT2D eigenvalue weighted by atomic mass is 10.1. The first-order chi connectivity index (χ1) is 19.2. The number of carbonyl (C=O) groups is 2. The molecule has 0 aliphatic carbocycles. The number of amides is 2. The van der Waals surface area contributed by atoms with Gasteiger partial charge in [-0.25, -0.2) is 13.3 Å². The number of carbonyl (C=O) groups excluding carboxylic acids is 2. The number of aryl methyl sites for hydroxylation is 1. The average Bonchev–Trinajstić information content (AvgIpc) is 3.25. The zero-order valence-corrected chi connectivity index (χ0v) is 23.4. The molecule has 1 aliphatic rings. The quantitative estimate of drug-likeness (QED) is 0.276. The molecule has 1 fully saturated rings. The number of anilines is 1. The van der Waals surface area contributed by atoms with Crippen LogP contribution in [-0.4, -0.2) is 51.3 Å². The van der Waals surface area contributed by atoms with E-state index in [0.717, 1.165) is 26.8 Å². The number of sulfonamides is 1. The SMILES string of the molecule is COc1ccc(CCN(C2CC(=O)N(c3ccc(C)cc3)C2=O)S(=O)(=O)c2ccc3ccccc3c2)cc1OC. The number of ether oxygens (including phenoxy) is 2. The van der Waals surface area contributed by atoms with Crippen molar-refractivity contribution in [1.29, 1.82) is 0 Å². The largest absolute Gasteiger partial charge is 0.493 e. The molecule has 0 aromatic heterocycles. The summed E-state index contributed by atoms with van der Waals surface area (Å²) in [6, 6.07) is 23.5. The van der Waals surface area contributed by atoms with Crippen LogP contribution < -0.4 is 14.4 Å². The van der Waals surface area contributed by atoms with Crippen molar-refractivity contribution in [2.24, 2.45) is 0 Å². The molecule has 0 saturated carbocycles. The van der Waals surface area contributed by atoms with Crippen molar-refractivity contribution in [3.8, 4) is 11.5 Å². The van der Waals surface area contributed by atoms with Crippen LogP contribution in [0.15, 0.2) is 89.8 Å². The molecule has 0 spiro atoms. The Balaban J connectivity index is 1.52. The van der Waals surface area contributed by atoms with E-state index in [1.807, 2.05) is 49.4 Å². The summed E-state index contributed by atoms with van der Waals surface area (Å²) in [6.45, 7) is 1.89. The Morgan fingerprint density at radius 2 is 1.55 bits per heavy atom. The van der Waals surface area contributed by atoms with E-state index in [-0.39, 0.29) is 24.3 Å². The maximum absolute atomic E-state index is 14.1. The second-order valence-electron chi connectivity index (χ2n) is 9.69. The van der Waals surface area contributed by atoms with Gasteiger partial charge in [0.15, 0.2) is 11.5 Å². The number of hydrogen-bond acceptors (Lipinski definition) is 6. The third-order valence-corrected chi connectivity index (χ3v) is 9.06. The van der Waals surface area contributed by atoms with Gasteiger partial charge in [0.05, 0.1) is 31.2 Å². The van der Waals surface area contributed by atoms with Gasteiger partial charge in [0, 0.05) is 6.54 Å². The Morgan fingerprint density at radius 3 is 2.25 bits per heavy atom. The molecule has 0 radical (unpaired) electrons. The normalized spacial score (nSPS) is 15.7. The fourth-order valence-corrected chi connectivity index (χ4v) is 6.61. The molecule has 40 heavy (non-hydrogen) atoms. The van der Waals surface area contributed by atoms with Gasteiger partial charge in [-0.3, -0.25) is 9.59 Å². The summed E-state index contributed by atoms with van der Waals surface area (Å²) in [5.41, 5.74) is 2.20. The van der Waals surface area contributed by atoms with Gasteiger partial charge in [0.2, 0.25) is 15.9 Å². The minimum Gasteiger partial charge on any atom is -0.493 e. The molecule has 206 valence electrons. The van der Waals surface area contributed by atoms with Crippen LogP contribution >= 0.6 is 0 Å². The van der Waals surface area contributed by atoms with Gasteiger partial charge in [-0.2, -0.15) is 4.31 Å². The number of fused-ring (bicyclic) bond motifs is 1. The van der Waals surface area contributed by atoms with E-state index in [1.165, 1.54) is 18.5 Å². The average molecular weight is 559 g/mol. The predicted octanol–water partition coefficient (Wildman–Crippen LogP) is 4.73. The Bertz CT molecular complexity index is 1680. The fourth-order valence-electron chi connectivity index (χ4n) is 4.99. The lowest BCUT2D eigenvalue weighted by Crippen LogP contribution is -2.46. The topological polar surface area (TPSA) is 93.2 Å². The molecule has 8 nitrogen and oxygen atoms in total. The molecule has 1 atom stereocenters. The molecule has 1 heterocycles. The van der Waals surface area contributed by atoms with Crippen molar-refractivity contribution >= 4 is 38.3 Å². The Labute approximate surface area is 233 Å². The van der Waals surface area contributed by atoms with Gasteiger partial charge in [-0.05, 0) is 66.1 Å². The Hall–Kier alpha value is -4.21. The molecule has 1 saturated heterocycles. The van der Waals surface area contributed by atoms with Crippen LogP contribution in [0.5, 0.6) is 11.5 Å². The summed E-state index contributed by atoms with van der Waals surface area (Å²) < 4.78 is 40.2. The van der Waals surface area contributed by atoms with Gasteiger partial charge in [0.25, 0.3) is 5.91 Å². The number of rotatable bonds is 9. The molecule has 1 aliphatic heterocycles. The van der Waals surface area contributed by atoms with Crippen molar-refractivity contribution < 1.29 is 27.5 Å². The Kier molecular flexibility index (Phi) is 7.60. The zero-order valence-electron chi connectivity index (χ0n) is 22.5. The lowest BCUT2D eigenvalue weighted by molar-refractivity contribution is -0.122. The fraction of sp³-hybridized carbons (Fsp3) is 0.226. The summed E-state index contributed by atoms with van der Waals surface area (Å²) in [5, 5.41) is 1.66. The zero-order chi connectivity index (χ0) is 28.4. The van der Waals surface area contributed by atoms with Crippen LogP contribution in [0.25, 0.3) is 10.8 Å². The number of benzene rings is 4. The van der Waals surface area contributed by atoms with E-state index in [1.54, 1.807) is 42.5 Å². The van der Waals surface area contributed by atoms with Crippen LogP contribution in [0.2, 0.25) is 0 Å². The van der Waals surface area contributed by atoms with E-state index in [9.17, 15) is 18.0 Å². The summed E-state index contributed by atoms with van der Waals surface area (Å²) in [4.78, 5) is 27.9. The minimum atomic E-state index is -4.17. The van der Waals surface area contributed by atoms with Crippen LogP contribution in [0.3, 0.4) is 0 Å². The molecule has 1 unspecified atom stereocenters. The van der Waals surface area contributed by atoms with Crippen molar-refractivity contribution in [1.82, 2.24) is 4.31 Å². The molecule has 4 aromatic carbocycles. The highest BCUT2D eigenvalue weighted by Crippen LogP contribution is 2.32. The summed E-state index contributed by atoms with van der Waals surface area (Å²) in [7, 11) is -1.10. The van der Waals surface area contributed by atoms with Gasteiger partial charge in [-0.1, -0.05) is 54.1 Å². The molecule has 0 N–H and O–H groups in total. The van der Waals surface area contributed by atoms with Gasteiger partial charge >= 0.3 is 0 Å². The minimum absolute atomic E-state index is 0.0178. The Morgan fingerprint density at radius 1 is 0.850 bits per heavy atom. The molecule has 4 aromatic rings. The predicted molar refractivity (Wildman–Crippen MR) is 153 cm³/mol. The van der Waals surface area contributed by atoms with Crippen LogP contribution in [0, 0.1) is 6.92 Å². The number of hydrogen-bond donors (Lipinski definition) is 0. The summed E-state index contributed by atoms with van der Waals surface area (Å²) >= 11 is 0. The van der Waals surface area contributed by atoms with E-state index in [0.29, 0.717) is 17.2 Å². The third kappa shape index (κ3) is 5.17. The molecule has 2 amide bonds. The van der Waals surface area contributed by atoms with Crippen LogP contribution in [0.4, 0.5) is 5.69 Å². The van der Waals surface area contributed by atoms with Crippen LogP contribution in [-0.2, 0) is 26.0 Å². The maximum atomic E-state index is 14.1. The molecule has 0 bridgehead atoms. The van der Waals surface area contributed by atoms with Gasteiger partial charge in [0.1, 0.15) is 6.04 Å². The molecule has 9 heteroatoms. The van der Waals surface area contributed by atoms with Gasteiger partial charge in [-0.15, -0.1) is 0 Å². The summed E-state index contributed by atoms with van der Waals surface area (Å²) in [6.07, 6.45) is 0.0428. The highest BCUT2D eigenvalue weighted by atomic mass is 32.2. The lowest BCUT2D eigenvalue weighted by Gasteiger charge is -2.27. The summed E-state index contributed by atoms with van der Waals surface area (Å²) in [5.74, 6) is 0.0630. The highest BCUT2D eigenvalue weighted by Gasteiger charge is 2.46. The highest BCUT2D eigenvalue weighted by molar-refractivity contribution is 7.89. The van der Waals surface area contributed by atoms with Crippen molar-refractivity contribution in [2.45, 2.75) is 30.7 Å². The number of nitrogens with zero attached hydrogens (tertiary/aromatic N) is 2. The second kappa shape index (κ2) is 11.1. The van der Waals surface area contributed by atoms with Crippen LogP contribution in [0.1, 0.15) is 17.5 Å². The smallest absolute Gasteiger partial charge is 0.252 e. The van der Waals surface area contributed by atoms with E-state index >= 15 is 0 Å². The van der Waals surface area contributed by atoms with E-state index < -0.39 is 27.9 Å². The molecular weight excluding hydrogens is 528 g/mol. The monoisotopic (exact) mass is 558 g/mol.